The highest BCUT2D eigenvalue weighted by Gasteiger charge is 2.07. The van der Waals surface area contributed by atoms with Crippen LogP contribution in [0, 0.1) is 5.82 Å². The molecule has 0 radical (unpaired) electrons. The van der Waals surface area contributed by atoms with Crippen LogP contribution in [0.2, 0.25) is 0 Å². The maximum absolute atomic E-state index is 12.9. The Morgan fingerprint density at radius 3 is 2.62 bits per heavy atom. The highest BCUT2D eigenvalue weighted by atomic mass is 79.9. The summed E-state index contributed by atoms with van der Waals surface area (Å²) in [6.45, 7) is 7.62. The van der Waals surface area contributed by atoms with Crippen LogP contribution < -0.4 is 10.1 Å². The van der Waals surface area contributed by atoms with Crippen LogP contribution in [0.15, 0.2) is 22.7 Å². The Labute approximate surface area is 104 Å². The summed E-state index contributed by atoms with van der Waals surface area (Å²) >= 11 is 3.12. The van der Waals surface area contributed by atoms with Crippen LogP contribution in [-0.2, 0) is 0 Å². The fourth-order valence-electron chi connectivity index (χ4n) is 1.16. The highest BCUT2D eigenvalue weighted by molar-refractivity contribution is 9.10. The Hall–Kier alpha value is -0.610. The van der Waals surface area contributed by atoms with Crippen molar-refractivity contribution in [2.45, 2.75) is 26.3 Å². The van der Waals surface area contributed by atoms with Crippen LogP contribution >= 0.6 is 15.9 Å². The summed E-state index contributed by atoms with van der Waals surface area (Å²) in [6, 6.07) is 4.64. The van der Waals surface area contributed by atoms with Crippen LogP contribution in [0.4, 0.5) is 4.39 Å². The third-order valence-corrected chi connectivity index (χ3v) is 2.52. The van der Waals surface area contributed by atoms with Gasteiger partial charge in [-0.15, -0.1) is 0 Å². The molecule has 0 amide bonds. The molecule has 1 N–H and O–H groups in total. The Kier molecular flexibility index (Phi) is 4.74. The van der Waals surface area contributed by atoms with Gasteiger partial charge in [-0.25, -0.2) is 4.39 Å². The van der Waals surface area contributed by atoms with Crippen molar-refractivity contribution in [3.05, 3.63) is 28.5 Å². The van der Waals surface area contributed by atoms with Crippen molar-refractivity contribution in [1.29, 1.82) is 0 Å². The van der Waals surface area contributed by atoms with E-state index in [-0.39, 0.29) is 11.4 Å². The van der Waals surface area contributed by atoms with Gasteiger partial charge in [0, 0.05) is 12.1 Å². The third kappa shape index (κ3) is 4.94. The lowest BCUT2D eigenvalue weighted by Gasteiger charge is -2.20. The van der Waals surface area contributed by atoms with Crippen LogP contribution in [-0.4, -0.2) is 18.7 Å². The van der Waals surface area contributed by atoms with Crippen molar-refractivity contribution < 1.29 is 9.13 Å². The van der Waals surface area contributed by atoms with E-state index in [0.717, 1.165) is 6.54 Å². The van der Waals surface area contributed by atoms with E-state index in [4.69, 9.17) is 4.74 Å². The molecule has 0 bridgehead atoms. The van der Waals surface area contributed by atoms with E-state index in [0.29, 0.717) is 16.8 Å². The minimum atomic E-state index is -0.278. The predicted octanol–water partition coefficient (Wildman–Crippen LogP) is 3.36. The normalized spacial score (nSPS) is 11.6. The first-order valence-electron chi connectivity index (χ1n) is 5.21. The van der Waals surface area contributed by atoms with E-state index in [9.17, 15) is 4.39 Å². The average molecular weight is 290 g/mol. The number of nitrogens with one attached hydrogen (secondary N) is 1. The Balaban J connectivity index is 2.35. The molecule has 2 nitrogen and oxygen atoms in total. The molecule has 0 aliphatic carbocycles. The van der Waals surface area contributed by atoms with Gasteiger partial charge in [0.25, 0.3) is 0 Å². The predicted molar refractivity (Wildman–Crippen MR) is 67.4 cm³/mol. The molecule has 0 aliphatic rings. The summed E-state index contributed by atoms with van der Waals surface area (Å²) < 4.78 is 18.8. The van der Waals surface area contributed by atoms with Crippen LogP contribution in [0.3, 0.4) is 0 Å². The molecule has 0 aliphatic heterocycles. The SMILES string of the molecule is CC(C)(C)NCCOc1ccc(F)c(Br)c1. The van der Waals surface area contributed by atoms with Gasteiger partial charge in [0.2, 0.25) is 0 Å². The molecule has 0 fully saturated rings. The topological polar surface area (TPSA) is 21.3 Å². The molecule has 1 aromatic rings. The zero-order chi connectivity index (χ0) is 12.2. The lowest BCUT2D eigenvalue weighted by Crippen LogP contribution is -2.38. The van der Waals surface area contributed by atoms with Gasteiger partial charge in [0.1, 0.15) is 18.2 Å². The number of ether oxygens (including phenoxy) is 1. The Morgan fingerprint density at radius 1 is 1.38 bits per heavy atom. The molecule has 0 aromatic heterocycles. The second-order valence-electron chi connectivity index (χ2n) is 4.60. The third-order valence-electron chi connectivity index (χ3n) is 1.92. The summed E-state index contributed by atoms with van der Waals surface area (Å²) in [5.74, 6) is 0.393. The van der Waals surface area contributed by atoms with E-state index in [1.165, 1.54) is 6.07 Å². The summed E-state index contributed by atoms with van der Waals surface area (Å²) in [5, 5.41) is 3.31. The first kappa shape index (κ1) is 13.5. The quantitative estimate of drug-likeness (QED) is 0.859. The smallest absolute Gasteiger partial charge is 0.137 e. The average Bonchev–Trinajstić information content (AvgIpc) is 2.17. The molecule has 0 atom stereocenters. The number of hydrogen-bond acceptors (Lipinski definition) is 2. The lowest BCUT2D eigenvalue weighted by molar-refractivity contribution is 0.290. The number of benzene rings is 1. The van der Waals surface area contributed by atoms with Crippen LogP contribution in [0.5, 0.6) is 5.75 Å². The second kappa shape index (κ2) is 5.64. The second-order valence-corrected chi connectivity index (χ2v) is 5.46. The molecular weight excluding hydrogens is 273 g/mol. The van der Waals surface area contributed by atoms with Gasteiger partial charge < -0.3 is 10.1 Å². The zero-order valence-electron chi connectivity index (χ0n) is 9.81. The summed E-state index contributed by atoms with van der Waals surface area (Å²) in [6.07, 6.45) is 0. The molecule has 4 heteroatoms. The van der Waals surface area contributed by atoms with Gasteiger partial charge in [-0.3, -0.25) is 0 Å². The Morgan fingerprint density at radius 2 is 2.06 bits per heavy atom. The maximum Gasteiger partial charge on any atom is 0.137 e. The maximum atomic E-state index is 12.9. The standard InChI is InChI=1S/C12H17BrFNO/c1-12(2,3)15-6-7-16-9-4-5-11(14)10(13)8-9/h4-5,8,15H,6-7H2,1-3H3. The van der Waals surface area contributed by atoms with Crippen molar-refractivity contribution in [2.24, 2.45) is 0 Å². The van der Waals surface area contributed by atoms with E-state index in [1.807, 2.05) is 0 Å². The van der Waals surface area contributed by atoms with Gasteiger partial charge in [-0.05, 0) is 54.9 Å². The van der Waals surface area contributed by atoms with Crippen LogP contribution in [0.25, 0.3) is 0 Å². The van der Waals surface area contributed by atoms with E-state index in [1.54, 1.807) is 12.1 Å². The molecule has 0 spiro atoms. The van der Waals surface area contributed by atoms with E-state index >= 15 is 0 Å². The first-order valence-corrected chi connectivity index (χ1v) is 6.01. The zero-order valence-corrected chi connectivity index (χ0v) is 11.4. The van der Waals surface area contributed by atoms with Crippen molar-refractivity contribution in [2.75, 3.05) is 13.2 Å². The van der Waals surface area contributed by atoms with E-state index in [2.05, 4.69) is 42.0 Å². The molecule has 1 rings (SSSR count). The summed E-state index contributed by atoms with van der Waals surface area (Å²) in [4.78, 5) is 0. The molecule has 0 unspecified atom stereocenters. The largest absolute Gasteiger partial charge is 0.492 e. The molecule has 90 valence electrons. The number of hydrogen-bond donors (Lipinski definition) is 1. The van der Waals surface area contributed by atoms with Crippen LogP contribution in [0.1, 0.15) is 20.8 Å². The minimum absolute atomic E-state index is 0.0900. The van der Waals surface area contributed by atoms with Gasteiger partial charge >= 0.3 is 0 Å². The van der Waals surface area contributed by atoms with Crippen molar-refractivity contribution >= 4 is 15.9 Å². The summed E-state index contributed by atoms with van der Waals surface area (Å²) in [7, 11) is 0. The van der Waals surface area contributed by atoms with E-state index < -0.39 is 0 Å². The van der Waals surface area contributed by atoms with Gasteiger partial charge in [-0.2, -0.15) is 0 Å². The summed E-state index contributed by atoms with van der Waals surface area (Å²) in [5.41, 5.74) is 0.0900. The molecule has 0 heterocycles. The molecule has 16 heavy (non-hydrogen) atoms. The van der Waals surface area contributed by atoms with Gasteiger partial charge in [-0.1, -0.05) is 0 Å². The number of rotatable bonds is 4. The van der Waals surface area contributed by atoms with Crippen molar-refractivity contribution in [3.63, 3.8) is 0 Å². The molecular formula is C12H17BrFNO. The molecule has 0 saturated heterocycles. The fraction of sp³-hybridized carbons (Fsp3) is 0.500. The minimum Gasteiger partial charge on any atom is -0.492 e. The first-order chi connectivity index (χ1) is 7.38. The van der Waals surface area contributed by atoms with Gasteiger partial charge in [0.05, 0.1) is 4.47 Å². The van der Waals surface area contributed by atoms with Gasteiger partial charge in [0.15, 0.2) is 0 Å². The fourth-order valence-corrected chi connectivity index (χ4v) is 1.52. The van der Waals surface area contributed by atoms with Crippen molar-refractivity contribution in [3.8, 4) is 5.75 Å². The van der Waals surface area contributed by atoms with Crippen molar-refractivity contribution in [1.82, 2.24) is 5.32 Å². The lowest BCUT2D eigenvalue weighted by atomic mass is 10.1. The molecule has 1 aromatic carbocycles. The monoisotopic (exact) mass is 289 g/mol. The Bertz CT molecular complexity index is 349. The highest BCUT2D eigenvalue weighted by Crippen LogP contribution is 2.21. The number of halogens is 2. The molecule has 0 saturated carbocycles.